The lowest BCUT2D eigenvalue weighted by molar-refractivity contribution is -0.130. The van der Waals surface area contributed by atoms with E-state index in [1.165, 1.54) is 18.2 Å². The van der Waals surface area contributed by atoms with Gasteiger partial charge in [0.2, 0.25) is 5.91 Å². The molecule has 110 valence electrons. The summed E-state index contributed by atoms with van der Waals surface area (Å²) >= 11 is 0. The van der Waals surface area contributed by atoms with Crippen molar-refractivity contribution in [1.82, 2.24) is 4.90 Å². The first kappa shape index (κ1) is 15.2. The maximum absolute atomic E-state index is 13.6. The molecule has 0 aliphatic carbocycles. The highest BCUT2D eigenvalue weighted by Gasteiger charge is 2.15. The van der Waals surface area contributed by atoms with Crippen LogP contribution in [0.2, 0.25) is 0 Å². The molecule has 0 radical (unpaired) electrons. The molecule has 2 aromatic carbocycles. The summed E-state index contributed by atoms with van der Waals surface area (Å²) in [5.74, 6) is -0.885. The molecule has 0 aliphatic heterocycles. The summed E-state index contributed by atoms with van der Waals surface area (Å²) in [6, 6.07) is 12.4. The van der Waals surface area contributed by atoms with Crippen LogP contribution in [0.5, 0.6) is 0 Å². The molecule has 0 atom stereocenters. The summed E-state index contributed by atoms with van der Waals surface area (Å²) in [4.78, 5) is 13.8. The smallest absolute Gasteiger partial charge is 0.227 e. The predicted molar refractivity (Wildman–Crippen MR) is 77.6 cm³/mol. The van der Waals surface area contributed by atoms with E-state index in [1.807, 2.05) is 6.92 Å². The molecule has 0 saturated carbocycles. The van der Waals surface area contributed by atoms with Crippen LogP contribution in [0.3, 0.4) is 0 Å². The Bertz CT molecular complexity index is 628. The molecule has 21 heavy (non-hydrogen) atoms. The molecule has 2 rings (SSSR count). The minimum atomic E-state index is -0.382. The summed E-state index contributed by atoms with van der Waals surface area (Å²) in [5.41, 5.74) is 1.10. The zero-order chi connectivity index (χ0) is 15.2. The monoisotopic (exact) mass is 289 g/mol. The van der Waals surface area contributed by atoms with Crippen molar-refractivity contribution < 1.29 is 13.6 Å². The Balaban J connectivity index is 2.07. The molecule has 0 fully saturated rings. The number of halogens is 2. The van der Waals surface area contributed by atoms with E-state index in [9.17, 15) is 13.6 Å². The van der Waals surface area contributed by atoms with Crippen molar-refractivity contribution in [3.05, 3.63) is 71.3 Å². The van der Waals surface area contributed by atoms with Crippen LogP contribution in [0.15, 0.2) is 48.5 Å². The normalized spacial score (nSPS) is 10.4. The first-order valence-electron chi connectivity index (χ1n) is 6.85. The van der Waals surface area contributed by atoms with Crippen molar-refractivity contribution in [2.24, 2.45) is 0 Å². The molecular weight excluding hydrogens is 272 g/mol. The fourth-order valence-corrected chi connectivity index (χ4v) is 2.15. The number of hydrogen-bond donors (Lipinski definition) is 0. The number of rotatable bonds is 5. The van der Waals surface area contributed by atoms with E-state index >= 15 is 0 Å². The second-order valence-electron chi connectivity index (χ2n) is 4.81. The van der Waals surface area contributed by atoms with Gasteiger partial charge in [-0.25, -0.2) is 8.78 Å². The average molecular weight is 289 g/mol. The van der Waals surface area contributed by atoms with Crippen molar-refractivity contribution in [1.29, 1.82) is 0 Å². The SMILES string of the molecule is CCN(Cc1cccc(F)c1)C(=O)Cc1ccccc1F. The van der Waals surface area contributed by atoms with Gasteiger partial charge in [-0.3, -0.25) is 4.79 Å². The van der Waals surface area contributed by atoms with E-state index in [4.69, 9.17) is 0 Å². The Morgan fingerprint density at radius 3 is 2.52 bits per heavy atom. The number of carbonyl (C=O) groups excluding carboxylic acids is 1. The van der Waals surface area contributed by atoms with Gasteiger partial charge in [-0.2, -0.15) is 0 Å². The predicted octanol–water partition coefficient (Wildman–Crippen LogP) is 3.56. The van der Waals surface area contributed by atoms with Crippen molar-refractivity contribution in [2.75, 3.05) is 6.54 Å². The van der Waals surface area contributed by atoms with Gasteiger partial charge in [0.05, 0.1) is 6.42 Å². The van der Waals surface area contributed by atoms with Gasteiger partial charge in [0.15, 0.2) is 0 Å². The lowest BCUT2D eigenvalue weighted by Gasteiger charge is -2.21. The highest BCUT2D eigenvalue weighted by Crippen LogP contribution is 2.12. The largest absolute Gasteiger partial charge is 0.338 e. The first-order chi connectivity index (χ1) is 10.1. The molecule has 0 unspecified atom stereocenters. The Kier molecular flexibility index (Phi) is 5.04. The highest BCUT2D eigenvalue weighted by atomic mass is 19.1. The standard InChI is InChI=1S/C17H17F2NO/c1-2-20(12-13-6-5-8-15(18)10-13)17(21)11-14-7-3-4-9-16(14)19/h3-10H,2,11-12H2,1H3. The molecule has 2 aromatic rings. The van der Waals surface area contributed by atoms with Gasteiger partial charge in [-0.05, 0) is 36.2 Å². The Hall–Kier alpha value is -2.23. The molecule has 0 saturated heterocycles. The van der Waals surface area contributed by atoms with E-state index < -0.39 is 0 Å². The second kappa shape index (κ2) is 6.97. The highest BCUT2D eigenvalue weighted by molar-refractivity contribution is 5.78. The maximum atomic E-state index is 13.6. The van der Waals surface area contributed by atoms with Gasteiger partial charge in [0, 0.05) is 13.1 Å². The molecular formula is C17H17F2NO. The van der Waals surface area contributed by atoms with E-state index in [1.54, 1.807) is 35.2 Å². The summed E-state index contributed by atoms with van der Waals surface area (Å²) in [6.45, 7) is 2.66. The molecule has 0 aromatic heterocycles. The van der Waals surface area contributed by atoms with E-state index in [0.29, 0.717) is 18.7 Å². The van der Waals surface area contributed by atoms with Crippen LogP contribution in [-0.4, -0.2) is 17.4 Å². The van der Waals surface area contributed by atoms with Gasteiger partial charge in [0.1, 0.15) is 11.6 Å². The molecule has 0 N–H and O–H groups in total. The van der Waals surface area contributed by atoms with Crippen LogP contribution >= 0.6 is 0 Å². The topological polar surface area (TPSA) is 20.3 Å². The molecule has 0 aliphatic rings. The summed E-state index contributed by atoms with van der Waals surface area (Å²) < 4.78 is 26.7. The molecule has 0 heterocycles. The number of nitrogens with zero attached hydrogens (tertiary/aromatic N) is 1. The van der Waals surface area contributed by atoms with Crippen LogP contribution in [0.1, 0.15) is 18.1 Å². The number of amides is 1. The van der Waals surface area contributed by atoms with Crippen molar-refractivity contribution in [2.45, 2.75) is 19.9 Å². The summed E-state index contributed by atoms with van der Waals surface area (Å²) in [7, 11) is 0. The molecule has 0 bridgehead atoms. The number of carbonyl (C=O) groups is 1. The summed E-state index contributed by atoms with van der Waals surface area (Å²) in [6.07, 6.45) is 0.00975. The number of likely N-dealkylation sites (N-methyl/N-ethyl adjacent to an activating group) is 1. The molecule has 2 nitrogen and oxygen atoms in total. The van der Waals surface area contributed by atoms with Crippen molar-refractivity contribution in [3.63, 3.8) is 0 Å². The minimum Gasteiger partial charge on any atom is -0.338 e. The fourth-order valence-electron chi connectivity index (χ4n) is 2.15. The zero-order valence-electron chi connectivity index (χ0n) is 11.9. The van der Waals surface area contributed by atoms with Gasteiger partial charge >= 0.3 is 0 Å². The Morgan fingerprint density at radius 1 is 1.10 bits per heavy atom. The van der Waals surface area contributed by atoms with E-state index in [2.05, 4.69) is 0 Å². The Morgan fingerprint density at radius 2 is 1.86 bits per heavy atom. The van der Waals surface area contributed by atoms with E-state index in [-0.39, 0.29) is 24.0 Å². The maximum Gasteiger partial charge on any atom is 0.227 e. The fraction of sp³-hybridized carbons (Fsp3) is 0.235. The number of benzene rings is 2. The molecule has 4 heteroatoms. The van der Waals surface area contributed by atoms with Crippen molar-refractivity contribution in [3.8, 4) is 0 Å². The zero-order valence-corrected chi connectivity index (χ0v) is 11.9. The lowest BCUT2D eigenvalue weighted by atomic mass is 10.1. The van der Waals surface area contributed by atoms with E-state index in [0.717, 1.165) is 5.56 Å². The van der Waals surface area contributed by atoms with Crippen LogP contribution in [0, 0.1) is 11.6 Å². The Labute approximate surface area is 123 Å². The second-order valence-corrected chi connectivity index (χ2v) is 4.81. The van der Waals surface area contributed by atoms with Gasteiger partial charge in [-0.15, -0.1) is 0 Å². The van der Waals surface area contributed by atoms with Crippen LogP contribution in [-0.2, 0) is 17.8 Å². The average Bonchev–Trinajstić information content (AvgIpc) is 2.47. The molecule has 1 amide bonds. The number of hydrogen-bond acceptors (Lipinski definition) is 1. The van der Waals surface area contributed by atoms with Crippen LogP contribution in [0.25, 0.3) is 0 Å². The minimum absolute atomic E-state index is 0.00975. The third kappa shape index (κ3) is 4.12. The van der Waals surface area contributed by atoms with Crippen molar-refractivity contribution >= 4 is 5.91 Å². The van der Waals surface area contributed by atoms with Gasteiger partial charge in [-0.1, -0.05) is 30.3 Å². The molecule has 0 spiro atoms. The van der Waals surface area contributed by atoms with Crippen LogP contribution in [0.4, 0.5) is 8.78 Å². The first-order valence-corrected chi connectivity index (χ1v) is 6.85. The van der Waals surface area contributed by atoms with Gasteiger partial charge < -0.3 is 4.90 Å². The lowest BCUT2D eigenvalue weighted by Crippen LogP contribution is -2.31. The van der Waals surface area contributed by atoms with Gasteiger partial charge in [0.25, 0.3) is 0 Å². The quantitative estimate of drug-likeness (QED) is 0.824. The summed E-state index contributed by atoms with van der Waals surface area (Å²) in [5, 5.41) is 0. The third-order valence-corrected chi connectivity index (χ3v) is 3.30. The third-order valence-electron chi connectivity index (χ3n) is 3.30. The van der Waals surface area contributed by atoms with Crippen LogP contribution < -0.4 is 0 Å².